The standard InChI is InChI=1S/C24H28FN3O5S/c1-16(2)34(30,31)27-21-11-6-17(14-22(21)32-3)13-18-5-4-12-28-23(18)26-33-24(28,15-29)19-7-9-20(25)10-8-19/h6-11,13-14,16,27,29H,4-5,12,15H2,1-3H3/b18-13+. The van der Waals surface area contributed by atoms with Gasteiger partial charge in [-0.3, -0.25) is 4.72 Å². The van der Waals surface area contributed by atoms with Crippen molar-refractivity contribution < 1.29 is 27.5 Å². The van der Waals surface area contributed by atoms with Crippen molar-refractivity contribution in [2.45, 2.75) is 37.7 Å². The summed E-state index contributed by atoms with van der Waals surface area (Å²) >= 11 is 0. The molecular weight excluding hydrogens is 461 g/mol. The van der Waals surface area contributed by atoms with Crippen LogP contribution in [0.4, 0.5) is 10.1 Å². The van der Waals surface area contributed by atoms with Crippen LogP contribution in [0, 0.1) is 5.82 Å². The first-order valence-corrected chi connectivity index (χ1v) is 12.6. The molecule has 8 nitrogen and oxygen atoms in total. The van der Waals surface area contributed by atoms with Crippen LogP contribution in [0.1, 0.15) is 37.8 Å². The van der Waals surface area contributed by atoms with Crippen molar-refractivity contribution in [3.05, 3.63) is 65.0 Å². The highest BCUT2D eigenvalue weighted by Crippen LogP contribution is 2.40. The lowest BCUT2D eigenvalue weighted by Crippen LogP contribution is -2.51. The number of nitrogens with one attached hydrogen (secondary N) is 1. The quantitative estimate of drug-likeness (QED) is 0.616. The number of hydrogen-bond donors (Lipinski definition) is 2. The lowest BCUT2D eigenvalue weighted by atomic mass is 9.95. The van der Waals surface area contributed by atoms with E-state index in [4.69, 9.17) is 9.57 Å². The van der Waals surface area contributed by atoms with Crippen molar-refractivity contribution in [3.63, 3.8) is 0 Å². The third-order valence-electron chi connectivity index (χ3n) is 6.04. The van der Waals surface area contributed by atoms with Crippen LogP contribution in [0.2, 0.25) is 0 Å². The molecule has 2 aromatic rings. The second-order valence-corrected chi connectivity index (χ2v) is 10.8. The maximum atomic E-state index is 13.5. The average molecular weight is 490 g/mol. The van der Waals surface area contributed by atoms with E-state index >= 15 is 0 Å². The van der Waals surface area contributed by atoms with Crippen LogP contribution >= 0.6 is 0 Å². The molecule has 1 saturated heterocycles. The summed E-state index contributed by atoms with van der Waals surface area (Å²) in [5.41, 5.74) is 1.47. The average Bonchev–Trinajstić information content (AvgIpc) is 3.21. The number of oxime groups is 1. The highest BCUT2D eigenvalue weighted by molar-refractivity contribution is 7.93. The van der Waals surface area contributed by atoms with Gasteiger partial charge in [-0.15, -0.1) is 0 Å². The fourth-order valence-corrected chi connectivity index (χ4v) is 4.77. The fourth-order valence-electron chi connectivity index (χ4n) is 4.06. The molecule has 2 aliphatic rings. The van der Waals surface area contributed by atoms with Gasteiger partial charge in [-0.1, -0.05) is 11.2 Å². The first-order valence-electron chi connectivity index (χ1n) is 11.0. The molecule has 1 unspecified atom stereocenters. The highest BCUT2D eigenvalue weighted by Gasteiger charge is 2.49. The van der Waals surface area contributed by atoms with E-state index in [-0.39, 0.29) is 12.4 Å². The lowest BCUT2D eigenvalue weighted by Gasteiger charge is -2.38. The number of rotatable bonds is 7. The van der Waals surface area contributed by atoms with Crippen molar-refractivity contribution in [2.24, 2.45) is 5.16 Å². The Hall–Kier alpha value is -3.11. The molecule has 2 aliphatic heterocycles. The van der Waals surface area contributed by atoms with Crippen molar-refractivity contribution in [1.29, 1.82) is 0 Å². The molecule has 4 rings (SSSR count). The first kappa shape index (κ1) is 24.0. The molecule has 2 N–H and O–H groups in total. The van der Waals surface area contributed by atoms with Crippen LogP contribution < -0.4 is 9.46 Å². The molecule has 0 saturated carbocycles. The zero-order chi connectivity index (χ0) is 24.5. The van der Waals surface area contributed by atoms with E-state index in [0.717, 1.165) is 24.0 Å². The van der Waals surface area contributed by atoms with Crippen molar-refractivity contribution in [2.75, 3.05) is 25.0 Å². The van der Waals surface area contributed by atoms with Gasteiger partial charge in [0.2, 0.25) is 10.0 Å². The second kappa shape index (κ2) is 9.27. The summed E-state index contributed by atoms with van der Waals surface area (Å²) in [4.78, 5) is 7.67. The number of fused-ring (bicyclic) bond motifs is 1. The molecule has 2 heterocycles. The molecule has 0 radical (unpaired) electrons. The van der Waals surface area contributed by atoms with Gasteiger partial charge < -0.3 is 19.6 Å². The molecule has 2 aromatic carbocycles. The number of halogens is 1. The van der Waals surface area contributed by atoms with E-state index in [1.807, 2.05) is 11.0 Å². The summed E-state index contributed by atoms with van der Waals surface area (Å²) < 4.78 is 46.0. The Labute approximate surface area is 198 Å². The number of ether oxygens (including phenoxy) is 1. The predicted octanol–water partition coefficient (Wildman–Crippen LogP) is 3.65. The van der Waals surface area contributed by atoms with Gasteiger partial charge in [0.1, 0.15) is 18.2 Å². The Morgan fingerprint density at radius 1 is 1.29 bits per heavy atom. The van der Waals surface area contributed by atoms with Gasteiger partial charge in [0.05, 0.1) is 18.0 Å². The third-order valence-corrected chi connectivity index (χ3v) is 7.78. The number of piperidine rings is 1. The molecule has 1 atom stereocenters. The summed E-state index contributed by atoms with van der Waals surface area (Å²) in [5, 5.41) is 14.0. The number of aliphatic hydroxyl groups is 1. The van der Waals surface area contributed by atoms with Crippen molar-refractivity contribution in [1.82, 2.24) is 4.90 Å². The summed E-state index contributed by atoms with van der Waals surface area (Å²) in [5.74, 6) is 0.628. The minimum Gasteiger partial charge on any atom is -0.495 e. The van der Waals surface area contributed by atoms with E-state index in [2.05, 4.69) is 9.88 Å². The molecular formula is C24H28FN3O5S. The van der Waals surface area contributed by atoms with Gasteiger partial charge in [0, 0.05) is 12.1 Å². The van der Waals surface area contributed by atoms with Gasteiger partial charge >= 0.3 is 0 Å². The summed E-state index contributed by atoms with van der Waals surface area (Å²) in [6.45, 7) is 3.47. The van der Waals surface area contributed by atoms with Gasteiger partial charge in [-0.05, 0) is 80.3 Å². The molecule has 0 bridgehead atoms. The van der Waals surface area contributed by atoms with Gasteiger partial charge in [0.25, 0.3) is 5.72 Å². The van der Waals surface area contributed by atoms with Crippen LogP contribution in [0.3, 0.4) is 0 Å². The predicted molar refractivity (Wildman–Crippen MR) is 128 cm³/mol. The molecule has 182 valence electrons. The van der Waals surface area contributed by atoms with E-state index < -0.39 is 21.0 Å². The summed E-state index contributed by atoms with van der Waals surface area (Å²) in [6, 6.07) is 11.0. The number of nitrogens with zero attached hydrogens (tertiary/aromatic N) is 2. The fraction of sp³-hybridized carbons (Fsp3) is 0.375. The molecule has 1 fully saturated rings. The first-order chi connectivity index (χ1) is 16.2. The third kappa shape index (κ3) is 4.35. The smallest absolute Gasteiger partial charge is 0.260 e. The topological polar surface area (TPSA) is 100 Å². The maximum absolute atomic E-state index is 13.5. The largest absolute Gasteiger partial charge is 0.495 e. The monoisotopic (exact) mass is 489 g/mol. The number of benzene rings is 2. The number of amidine groups is 1. The number of anilines is 1. The van der Waals surface area contributed by atoms with Gasteiger partial charge in [0.15, 0.2) is 5.84 Å². The van der Waals surface area contributed by atoms with Gasteiger partial charge in [-0.25, -0.2) is 12.8 Å². The lowest BCUT2D eigenvalue weighted by molar-refractivity contribution is -0.137. The SMILES string of the molecule is COc1cc(/C=C2\CCCN3C2=NOC3(CO)c2ccc(F)cc2)ccc1NS(=O)(=O)C(C)C. The number of sulfonamides is 1. The maximum Gasteiger partial charge on any atom is 0.260 e. The Balaban J connectivity index is 1.64. The Kier molecular flexibility index (Phi) is 6.55. The molecule has 10 heteroatoms. The molecule has 0 aliphatic carbocycles. The van der Waals surface area contributed by atoms with E-state index in [9.17, 15) is 17.9 Å². The highest BCUT2D eigenvalue weighted by atomic mass is 32.2. The minimum atomic E-state index is -3.52. The van der Waals surface area contributed by atoms with Crippen LogP contribution in [-0.2, 0) is 20.6 Å². The van der Waals surface area contributed by atoms with Crippen LogP contribution in [0.15, 0.2) is 53.2 Å². The van der Waals surface area contributed by atoms with E-state index in [1.165, 1.54) is 19.2 Å². The van der Waals surface area contributed by atoms with Gasteiger partial charge in [-0.2, -0.15) is 0 Å². The Morgan fingerprint density at radius 3 is 2.68 bits per heavy atom. The minimum absolute atomic E-state index is 0.350. The molecule has 0 aromatic heterocycles. The number of aliphatic hydroxyl groups excluding tert-OH is 1. The molecule has 0 amide bonds. The van der Waals surface area contributed by atoms with Crippen molar-refractivity contribution >= 4 is 27.6 Å². The number of methoxy groups -OCH3 is 1. The number of hydrogen-bond acceptors (Lipinski definition) is 7. The molecule has 0 spiro atoms. The Bertz CT molecular complexity index is 1230. The van der Waals surface area contributed by atoms with Crippen LogP contribution in [-0.4, -0.2) is 49.8 Å². The molecule has 34 heavy (non-hydrogen) atoms. The van der Waals surface area contributed by atoms with E-state index in [0.29, 0.717) is 29.4 Å². The zero-order valence-electron chi connectivity index (χ0n) is 19.3. The van der Waals surface area contributed by atoms with Crippen molar-refractivity contribution in [3.8, 4) is 5.75 Å². The van der Waals surface area contributed by atoms with E-state index in [1.54, 1.807) is 44.2 Å². The zero-order valence-corrected chi connectivity index (χ0v) is 20.1. The Morgan fingerprint density at radius 2 is 2.03 bits per heavy atom. The second-order valence-electron chi connectivity index (χ2n) is 8.54. The summed E-state index contributed by atoms with van der Waals surface area (Å²) in [7, 11) is -2.03. The van der Waals surface area contributed by atoms with Crippen LogP contribution in [0.25, 0.3) is 6.08 Å². The normalized spacial score (nSPS) is 21.3. The van der Waals surface area contributed by atoms with Crippen LogP contribution in [0.5, 0.6) is 5.75 Å². The summed E-state index contributed by atoms with van der Waals surface area (Å²) in [6.07, 6.45) is 3.49.